The Hall–Kier alpha value is -2.15. The van der Waals surface area contributed by atoms with Gasteiger partial charge >= 0.3 is 0 Å². The molecule has 7 nitrogen and oxygen atoms in total. The van der Waals surface area contributed by atoms with Crippen molar-refractivity contribution in [1.82, 2.24) is 10.6 Å². The van der Waals surface area contributed by atoms with Crippen LogP contribution in [-0.2, 0) is 11.3 Å². The first-order chi connectivity index (χ1) is 11.2. The summed E-state index contributed by atoms with van der Waals surface area (Å²) < 4.78 is 5.30. The minimum Gasteiger partial charge on any atom is -0.382 e. The van der Waals surface area contributed by atoms with Gasteiger partial charge in [0.25, 0.3) is 5.69 Å². The molecular weight excluding hydrogens is 296 g/mol. The van der Waals surface area contributed by atoms with Gasteiger partial charge in [-0.2, -0.15) is 0 Å². The fraction of sp³-hybridized carbons (Fsp3) is 0.562. The van der Waals surface area contributed by atoms with Gasteiger partial charge in [-0.25, -0.2) is 4.99 Å². The number of hydrogen-bond donors (Lipinski definition) is 2. The molecule has 0 heterocycles. The first-order valence-corrected chi connectivity index (χ1v) is 8.00. The molecule has 128 valence electrons. The van der Waals surface area contributed by atoms with Gasteiger partial charge in [-0.3, -0.25) is 10.1 Å². The lowest BCUT2D eigenvalue weighted by atomic mass is 10.2. The minimum absolute atomic E-state index is 0.0894. The lowest BCUT2D eigenvalue weighted by Gasteiger charge is -2.11. The molecule has 0 fully saturated rings. The Morgan fingerprint density at radius 1 is 1.30 bits per heavy atom. The number of guanidine groups is 1. The normalized spacial score (nSPS) is 11.3. The van der Waals surface area contributed by atoms with Crippen molar-refractivity contribution in [1.29, 1.82) is 0 Å². The number of hydrogen-bond acceptors (Lipinski definition) is 4. The van der Waals surface area contributed by atoms with Crippen LogP contribution in [0.1, 0.15) is 32.3 Å². The number of non-ortho nitro benzene ring substituents is 1. The molecule has 23 heavy (non-hydrogen) atoms. The van der Waals surface area contributed by atoms with Gasteiger partial charge in [0, 0.05) is 38.4 Å². The lowest BCUT2D eigenvalue weighted by Crippen LogP contribution is -2.37. The van der Waals surface area contributed by atoms with Crippen LogP contribution in [0, 0.1) is 10.1 Å². The highest BCUT2D eigenvalue weighted by molar-refractivity contribution is 5.79. The minimum atomic E-state index is -0.394. The van der Waals surface area contributed by atoms with E-state index in [2.05, 4.69) is 15.6 Å². The number of unbranched alkanes of at least 4 members (excludes halogenated alkanes) is 1. The van der Waals surface area contributed by atoms with E-state index in [1.54, 1.807) is 12.1 Å². The van der Waals surface area contributed by atoms with E-state index >= 15 is 0 Å². The molecule has 0 atom stereocenters. The Bertz CT molecular complexity index is 506. The Morgan fingerprint density at radius 3 is 2.83 bits per heavy atom. The van der Waals surface area contributed by atoms with Gasteiger partial charge in [-0.15, -0.1) is 0 Å². The van der Waals surface area contributed by atoms with E-state index in [0.717, 1.165) is 50.7 Å². The number of nitrogens with zero attached hydrogens (tertiary/aromatic N) is 2. The zero-order valence-corrected chi connectivity index (χ0v) is 13.9. The van der Waals surface area contributed by atoms with E-state index in [4.69, 9.17) is 4.74 Å². The summed E-state index contributed by atoms with van der Waals surface area (Å²) in [5.41, 5.74) is 0.902. The highest BCUT2D eigenvalue weighted by Crippen LogP contribution is 2.13. The van der Waals surface area contributed by atoms with Gasteiger partial charge in [0.1, 0.15) is 0 Å². The maximum absolute atomic E-state index is 10.8. The van der Waals surface area contributed by atoms with Crippen molar-refractivity contribution < 1.29 is 9.66 Å². The average molecular weight is 322 g/mol. The van der Waals surface area contributed by atoms with Gasteiger partial charge < -0.3 is 15.4 Å². The first-order valence-electron chi connectivity index (χ1n) is 8.00. The molecule has 1 aromatic rings. The summed E-state index contributed by atoms with van der Waals surface area (Å²) in [5, 5.41) is 17.2. The molecule has 0 spiro atoms. The molecule has 0 saturated heterocycles. The predicted octanol–water partition coefficient (Wildman–Crippen LogP) is 2.47. The van der Waals surface area contributed by atoms with Crippen LogP contribution in [-0.4, -0.2) is 37.2 Å². The van der Waals surface area contributed by atoms with Gasteiger partial charge in [0.05, 0.1) is 11.5 Å². The Labute approximate surface area is 137 Å². The smallest absolute Gasteiger partial charge is 0.269 e. The maximum Gasteiger partial charge on any atom is 0.269 e. The highest BCUT2D eigenvalue weighted by atomic mass is 16.6. The number of benzene rings is 1. The topological polar surface area (TPSA) is 88.8 Å². The summed E-state index contributed by atoms with van der Waals surface area (Å²) in [6, 6.07) is 6.55. The second-order valence-corrected chi connectivity index (χ2v) is 4.95. The Kier molecular flexibility index (Phi) is 9.38. The molecule has 1 aromatic carbocycles. The van der Waals surface area contributed by atoms with Crippen LogP contribution in [0.2, 0.25) is 0 Å². The van der Waals surface area contributed by atoms with Gasteiger partial charge in [-0.1, -0.05) is 12.1 Å². The summed E-state index contributed by atoms with van der Waals surface area (Å²) in [5.74, 6) is 0.718. The third kappa shape index (κ3) is 8.15. The van der Waals surface area contributed by atoms with E-state index in [1.807, 2.05) is 19.9 Å². The predicted molar refractivity (Wildman–Crippen MR) is 91.6 cm³/mol. The van der Waals surface area contributed by atoms with Crippen LogP contribution in [0.5, 0.6) is 0 Å². The van der Waals surface area contributed by atoms with E-state index in [-0.39, 0.29) is 5.69 Å². The third-order valence-corrected chi connectivity index (χ3v) is 3.10. The molecule has 0 amide bonds. The second-order valence-electron chi connectivity index (χ2n) is 4.95. The molecule has 0 aliphatic rings. The molecule has 0 aliphatic heterocycles. The van der Waals surface area contributed by atoms with Crippen LogP contribution >= 0.6 is 0 Å². The fourth-order valence-corrected chi connectivity index (χ4v) is 1.96. The van der Waals surface area contributed by atoms with Crippen LogP contribution in [0.4, 0.5) is 5.69 Å². The monoisotopic (exact) mass is 322 g/mol. The summed E-state index contributed by atoms with van der Waals surface area (Å²) in [6.45, 7) is 7.49. The molecule has 0 unspecified atom stereocenters. The summed E-state index contributed by atoms with van der Waals surface area (Å²) in [6.07, 6.45) is 2.01. The van der Waals surface area contributed by atoms with Gasteiger partial charge in [0.2, 0.25) is 0 Å². The van der Waals surface area contributed by atoms with Crippen molar-refractivity contribution in [2.45, 2.75) is 33.2 Å². The summed E-state index contributed by atoms with van der Waals surface area (Å²) in [7, 11) is 0. The van der Waals surface area contributed by atoms with Crippen molar-refractivity contribution in [3.63, 3.8) is 0 Å². The number of nitro benzene ring substituents is 1. The van der Waals surface area contributed by atoms with Crippen molar-refractivity contribution in [3.05, 3.63) is 39.9 Å². The quantitative estimate of drug-likeness (QED) is 0.227. The van der Waals surface area contributed by atoms with E-state index < -0.39 is 4.92 Å². The number of aliphatic imine (C=N–C) groups is 1. The zero-order chi connectivity index (χ0) is 16.9. The molecular formula is C16H26N4O3. The Morgan fingerprint density at radius 2 is 2.13 bits per heavy atom. The first kappa shape index (κ1) is 18.9. The van der Waals surface area contributed by atoms with Crippen LogP contribution in [0.25, 0.3) is 0 Å². The van der Waals surface area contributed by atoms with Gasteiger partial charge in [-0.05, 0) is 32.3 Å². The molecule has 0 bridgehead atoms. The molecule has 0 radical (unpaired) electrons. The molecule has 0 saturated carbocycles. The molecule has 2 N–H and O–H groups in total. The summed E-state index contributed by atoms with van der Waals surface area (Å²) >= 11 is 0. The molecule has 1 rings (SSSR count). The second kappa shape index (κ2) is 11.4. The number of nitrogens with one attached hydrogen (secondary N) is 2. The largest absolute Gasteiger partial charge is 0.382 e. The van der Waals surface area contributed by atoms with E-state index in [1.165, 1.54) is 6.07 Å². The fourth-order valence-electron chi connectivity index (χ4n) is 1.96. The molecule has 0 aromatic heterocycles. The standard InChI is InChI=1S/C16H26N4O3/c1-3-17-16(18-10-5-6-11-23-4-2)19-13-14-8-7-9-15(12-14)20(21)22/h7-9,12H,3-6,10-11,13H2,1-2H3,(H2,17,18,19). The van der Waals surface area contributed by atoms with Crippen molar-refractivity contribution in [2.75, 3.05) is 26.3 Å². The number of rotatable bonds is 10. The van der Waals surface area contributed by atoms with Gasteiger partial charge in [0.15, 0.2) is 5.96 Å². The molecule has 7 heteroatoms. The van der Waals surface area contributed by atoms with Crippen molar-refractivity contribution in [3.8, 4) is 0 Å². The van der Waals surface area contributed by atoms with Crippen LogP contribution in [0.3, 0.4) is 0 Å². The van der Waals surface area contributed by atoms with Crippen LogP contribution in [0.15, 0.2) is 29.3 Å². The maximum atomic E-state index is 10.8. The Balaban J connectivity index is 2.47. The van der Waals surface area contributed by atoms with Crippen molar-refractivity contribution in [2.24, 2.45) is 4.99 Å². The average Bonchev–Trinajstić information content (AvgIpc) is 2.56. The summed E-state index contributed by atoms with van der Waals surface area (Å²) in [4.78, 5) is 14.8. The highest BCUT2D eigenvalue weighted by Gasteiger charge is 2.05. The third-order valence-electron chi connectivity index (χ3n) is 3.10. The number of ether oxygens (including phenoxy) is 1. The molecule has 0 aliphatic carbocycles. The SMILES string of the molecule is CCNC(=NCc1cccc([N+](=O)[O-])c1)NCCCCOCC. The van der Waals surface area contributed by atoms with E-state index in [9.17, 15) is 10.1 Å². The number of nitro groups is 1. The van der Waals surface area contributed by atoms with Crippen LogP contribution < -0.4 is 10.6 Å². The van der Waals surface area contributed by atoms with Crippen molar-refractivity contribution >= 4 is 11.6 Å². The van der Waals surface area contributed by atoms with E-state index in [0.29, 0.717) is 6.54 Å². The lowest BCUT2D eigenvalue weighted by molar-refractivity contribution is -0.384. The zero-order valence-electron chi connectivity index (χ0n) is 13.9.